The van der Waals surface area contributed by atoms with Gasteiger partial charge in [-0.25, -0.2) is 0 Å². The fraction of sp³-hybridized carbons (Fsp3) is 0.474. The van der Waals surface area contributed by atoms with E-state index in [1.165, 1.54) is 24.2 Å². The number of hydrogen-bond acceptors (Lipinski definition) is 4. The summed E-state index contributed by atoms with van der Waals surface area (Å²) in [5, 5.41) is 13.4. The number of nitrogens with zero attached hydrogens (tertiary/aromatic N) is 1. The fourth-order valence-corrected chi connectivity index (χ4v) is 4.98. The van der Waals surface area contributed by atoms with Crippen molar-refractivity contribution in [3.8, 4) is 6.07 Å². The number of carbonyl (C=O) groups is 1. The first kappa shape index (κ1) is 15.6. The number of benzene rings is 1. The van der Waals surface area contributed by atoms with Gasteiger partial charge in [0.15, 0.2) is 0 Å². The van der Waals surface area contributed by atoms with Crippen LogP contribution in [0.5, 0.6) is 0 Å². The summed E-state index contributed by atoms with van der Waals surface area (Å²) in [7, 11) is 0. The van der Waals surface area contributed by atoms with Gasteiger partial charge in [0.25, 0.3) is 5.91 Å². The second-order valence-electron chi connectivity index (χ2n) is 7.18. The number of thiophene rings is 1. The minimum atomic E-state index is -0.209. The van der Waals surface area contributed by atoms with Crippen LogP contribution in [-0.2, 0) is 0 Å². The number of nitrogens with one attached hydrogen (secondary N) is 1. The number of carbonyl (C=O) groups excluding carboxylic acids is 1. The van der Waals surface area contributed by atoms with Crippen LogP contribution in [-0.4, -0.2) is 17.5 Å². The van der Waals surface area contributed by atoms with E-state index in [0.29, 0.717) is 16.4 Å². The van der Waals surface area contributed by atoms with Crippen molar-refractivity contribution in [2.45, 2.75) is 50.1 Å². The molecule has 1 amide bonds. The molecule has 3 N–H and O–H groups in total. The molecule has 24 heavy (non-hydrogen) atoms. The minimum absolute atomic E-state index is 0.0475. The molecule has 2 fully saturated rings. The van der Waals surface area contributed by atoms with Gasteiger partial charge in [-0.3, -0.25) is 4.79 Å². The quantitative estimate of drug-likeness (QED) is 0.894. The van der Waals surface area contributed by atoms with Crippen molar-refractivity contribution in [2.75, 3.05) is 0 Å². The van der Waals surface area contributed by atoms with Crippen LogP contribution in [0.1, 0.15) is 53.8 Å². The zero-order valence-electron chi connectivity index (χ0n) is 13.5. The molecule has 1 atom stereocenters. The van der Waals surface area contributed by atoms with Crippen LogP contribution in [0.4, 0.5) is 0 Å². The average Bonchev–Trinajstić information content (AvgIpc) is 3.03. The highest BCUT2D eigenvalue weighted by Crippen LogP contribution is 2.43. The Balaban J connectivity index is 1.60. The molecule has 4 nitrogen and oxygen atoms in total. The maximum absolute atomic E-state index is 12.8. The van der Waals surface area contributed by atoms with Crippen molar-refractivity contribution >= 4 is 27.3 Å². The molecule has 1 unspecified atom stereocenters. The van der Waals surface area contributed by atoms with Crippen LogP contribution < -0.4 is 11.1 Å². The van der Waals surface area contributed by atoms with Crippen LogP contribution in [0.3, 0.4) is 0 Å². The molecule has 0 bridgehead atoms. The highest BCUT2D eigenvalue weighted by atomic mass is 32.1. The topological polar surface area (TPSA) is 78.9 Å². The van der Waals surface area contributed by atoms with Crippen molar-refractivity contribution < 1.29 is 4.79 Å². The molecule has 1 heterocycles. The van der Waals surface area contributed by atoms with Crippen molar-refractivity contribution in [3.63, 3.8) is 0 Å². The minimum Gasteiger partial charge on any atom is -0.346 e. The summed E-state index contributed by atoms with van der Waals surface area (Å²) < 4.78 is 0.886. The standard InChI is InChI=1S/C19H21N3OS/c20-11-14-7-3-6-13-10-15(24-16(13)14)18(23)22-17(19(21)8-9-19)12-4-1-2-5-12/h3,6-7,10,12,17H,1-2,4-5,8-9,21H2,(H,22,23). The Hall–Kier alpha value is -1.90. The molecule has 124 valence electrons. The summed E-state index contributed by atoms with van der Waals surface area (Å²) in [6, 6.07) is 9.76. The second kappa shape index (κ2) is 5.87. The molecule has 1 aromatic carbocycles. The normalized spacial score (nSPS) is 20.7. The lowest BCUT2D eigenvalue weighted by molar-refractivity contribution is 0.0912. The molecule has 0 aliphatic heterocycles. The van der Waals surface area contributed by atoms with E-state index < -0.39 is 0 Å². The molecule has 2 aromatic rings. The monoisotopic (exact) mass is 339 g/mol. The molecular weight excluding hydrogens is 318 g/mol. The van der Waals surface area contributed by atoms with Crippen LogP contribution in [0.2, 0.25) is 0 Å². The number of fused-ring (bicyclic) bond motifs is 1. The Kier molecular flexibility index (Phi) is 3.82. The smallest absolute Gasteiger partial charge is 0.261 e. The lowest BCUT2D eigenvalue weighted by Gasteiger charge is -2.30. The van der Waals surface area contributed by atoms with Crippen molar-refractivity contribution in [2.24, 2.45) is 11.7 Å². The predicted molar refractivity (Wildman–Crippen MR) is 95.9 cm³/mol. The maximum Gasteiger partial charge on any atom is 0.261 e. The Morgan fingerprint density at radius 3 is 2.79 bits per heavy atom. The Labute approximate surface area is 145 Å². The maximum atomic E-state index is 12.8. The van der Waals surface area contributed by atoms with E-state index >= 15 is 0 Å². The van der Waals surface area contributed by atoms with E-state index in [-0.39, 0.29) is 17.5 Å². The molecule has 0 saturated heterocycles. The summed E-state index contributed by atoms with van der Waals surface area (Å²) >= 11 is 1.40. The summed E-state index contributed by atoms with van der Waals surface area (Å²) in [5.41, 5.74) is 6.88. The number of nitriles is 1. The number of amides is 1. The highest BCUT2D eigenvalue weighted by molar-refractivity contribution is 7.21. The molecule has 0 spiro atoms. The molecule has 2 saturated carbocycles. The van der Waals surface area contributed by atoms with Crippen molar-refractivity contribution in [3.05, 3.63) is 34.7 Å². The first-order chi connectivity index (χ1) is 11.6. The van der Waals surface area contributed by atoms with E-state index in [1.807, 2.05) is 18.2 Å². The van der Waals surface area contributed by atoms with Crippen LogP contribution in [0.15, 0.2) is 24.3 Å². The SMILES string of the molecule is N#Cc1cccc2cc(C(=O)NC(C3CCCC3)C3(N)CC3)sc12. The zero-order chi connectivity index (χ0) is 16.7. The number of hydrogen-bond donors (Lipinski definition) is 2. The Bertz CT molecular complexity index is 825. The molecule has 4 rings (SSSR count). The molecular formula is C19H21N3OS. The largest absolute Gasteiger partial charge is 0.346 e. The zero-order valence-corrected chi connectivity index (χ0v) is 14.4. The van der Waals surface area contributed by atoms with Gasteiger partial charge >= 0.3 is 0 Å². The van der Waals surface area contributed by atoms with E-state index in [4.69, 9.17) is 5.73 Å². The molecule has 5 heteroatoms. The summed E-state index contributed by atoms with van der Waals surface area (Å²) in [4.78, 5) is 13.5. The van der Waals surface area contributed by atoms with Gasteiger partial charge in [0.05, 0.1) is 15.1 Å². The lowest BCUT2D eigenvalue weighted by atomic mass is 9.90. The molecule has 0 radical (unpaired) electrons. The van der Waals surface area contributed by atoms with Gasteiger partial charge in [0.2, 0.25) is 0 Å². The van der Waals surface area contributed by atoms with Gasteiger partial charge in [-0.05, 0) is 49.1 Å². The van der Waals surface area contributed by atoms with Gasteiger partial charge in [0, 0.05) is 11.6 Å². The van der Waals surface area contributed by atoms with Crippen LogP contribution in [0, 0.1) is 17.2 Å². The predicted octanol–water partition coefficient (Wildman–Crippen LogP) is 3.55. The summed E-state index contributed by atoms with van der Waals surface area (Å²) in [6.45, 7) is 0. The molecule has 1 aromatic heterocycles. The number of nitrogens with two attached hydrogens (primary N) is 1. The van der Waals surface area contributed by atoms with Crippen molar-refractivity contribution in [1.82, 2.24) is 5.32 Å². The lowest BCUT2D eigenvalue weighted by Crippen LogP contribution is -2.53. The third-order valence-corrected chi connectivity index (χ3v) is 6.68. The van der Waals surface area contributed by atoms with Gasteiger partial charge in [-0.1, -0.05) is 25.0 Å². The second-order valence-corrected chi connectivity index (χ2v) is 8.23. The van der Waals surface area contributed by atoms with Gasteiger partial charge in [-0.15, -0.1) is 11.3 Å². The van der Waals surface area contributed by atoms with Crippen LogP contribution in [0.25, 0.3) is 10.1 Å². The van der Waals surface area contributed by atoms with Gasteiger partial charge in [-0.2, -0.15) is 5.26 Å². The first-order valence-corrected chi connectivity index (χ1v) is 9.45. The Morgan fingerprint density at radius 1 is 1.38 bits per heavy atom. The van der Waals surface area contributed by atoms with Gasteiger partial charge in [0.1, 0.15) is 6.07 Å². The average molecular weight is 339 g/mol. The van der Waals surface area contributed by atoms with Gasteiger partial charge < -0.3 is 11.1 Å². The number of rotatable bonds is 4. The fourth-order valence-electron chi connectivity index (χ4n) is 3.95. The third kappa shape index (κ3) is 2.70. The highest BCUT2D eigenvalue weighted by Gasteiger charge is 2.50. The van der Waals surface area contributed by atoms with E-state index in [2.05, 4.69) is 11.4 Å². The summed E-state index contributed by atoms with van der Waals surface area (Å²) in [5.74, 6) is 0.458. The Morgan fingerprint density at radius 2 is 2.12 bits per heavy atom. The van der Waals surface area contributed by atoms with Crippen molar-refractivity contribution in [1.29, 1.82) is 5.26 Å². The molecule has 2 aliphatic carbocycles. The molecule has 2 aliphatic rings. The van der Waals surface area contributed by atoms with E-state index in [1.54, 1.807) is 6.07 Å². The van der Waals surface area contributed by atoms with E-state index in [9.17, 15) is 10.1 Å². The first-order valence-electron chi connectivity index (χ1n) is 8.63. The summed E-state index contributed by atoms with van der Waals surface area (Å²) in [6.07, 6.45) is 6.80. The van der Waals surface area contributed by atoms with E-state index in [0.717, 1.165) is 35.8 Å². The van der Waals surface area contributed by atoms with Crippen LogP contribution >= 0.6 is 11.3 Å². The third-order valence-electron chi connectivity index (χ3n) is 5.49.